The molecule has 2 aliphatic rings. The molecule has 3 rings (SSSR count). The van der Waals surface area contributed by atoms with Crippen molar-refractivity contribution >= 4 is 0 Å². The van der Waals surface area contributed by atoms with E-state index >= 15 is 0 Å². The van der Waals surface area contributed by atoms with E-state index in [9.17, 15) is 0 Å². The van der Waals surface area contributed by atoms with Crippen molar-refractivity contribution < 1.29 is 9.47 Å². The number of aryl methyl sites for hydroxylation is 1. The first-order valence-corrected chi connectivity index (χ1v) is 5.62. The minimum absolute atomic E-state index is 0.00528. The summed E-state index contributed by atoms with van der Waals surface area (Å²) in [5.74, 6) is 2.18. The van der Waals surface area contributed by atoms with E-state index in [-0.39, 0.29) is 6.29 Å². The molecule has 2 aliphatic heterocycles. The van der Waals surface area contributed by atoms with Crippen molar-refractivity contribution in [1.29, 1.82) is 0 Å². The first-order chi connectivity index (χ1) is 7.24. The van der Waals surface area contributed by atoms with Crippen molar-refractivity contribution in [3.63, 3.8) is 0 Å². The van der Waals surface area contributed by atoms with E-state index in [4.69, 9.17) is 9.47 Å². The van der Waals surface area contributed by atoms with E-state index in [2.05, 4.69) is 32.0 Å². The normalized spacial score (nSPS) is 33.1. The molecule has 3 atom stereocenters. The van der Waals surface area contributed by atoms with Gasteiger partial charge < -0.3 is 9.47 Å². The lowest BCUT2D eigenvalue weighted by atomic mass is 9.87. The monoisotopic (exact) mass is 204 g/mol. The maximum atomic E-state index is 5.88. The molecule has 1 aromatic carbocycles. The lowest BCUT2D eigenvalue weighted by Crippen LogP contribution is -2.31. The minimum atomic E-state index is -0.00528. The molecule has 0 spiro atoms. The first-order valence-electron chi connectivity index (χ1n) is 5.62. The molecule has 1 saturated heterocycles. The third kappa shape index (κ3) is 1.44. The Morgan fingerprint density at radius 1 is 1.33 bits per heavy atom. The molecule has 80 valence electrons. The summed E-state index contributed by atoms with van der Waals surface area (Å²) in [6.45, 7) is 5.17. The van der Waals surface area contributed by atoms with E-state index < -0.39 is 0 Å². The third-order valence-corrected chi connectivity index (χ3v) is 3.53. The Labute approximate surface area is 90.2 Å². The Kier molecular flexibility index (Phi) is 1.99. The van der Waals surface area contributed by atoms with Crippen LogP contribution in [0.2, 0.25) is 0 Å². The summed E-state index contributed by atoms with van der Waals surface area (Å²) in [6, 6.07) is 6.45. The molecule has 3 unspecified atom stereocenters. The largest absolute Gasteiger partial charge is 0.464 e. The molecule has 0 saturated carbocycles. The molecule has 0 aromatic heterocycles. The van der Waals surface area contributed by atoms with Crippen LogP contribution in [-0.4, -0.2) is 12.9 Å². The lowest BCUT2D eigenvalue weighted by Gasteiger charge is -2.29. The number of hydrogen-bond acceptors (Lipinski definition) is 2. The van der Waals surface area contributed by atoms with Gasteiger partial charge in [0.25, 0.3) is 0 Å². The van der Waals surface area contributed by atoms with Crippen molar-refractivity contribution in [3.8, 4) is 5.75 Å². The zero-order chi connectivity index (χ0) is 10.4. The van der Waals surface area contributed by atoms with Crippen LogP contribution in [0.3, 0.4) is 0 Å². The Hall–Kier alpha value is -1.02. The molecular formula is C13H16O2. The van der Waals surface area contributed by atoms with Gasteiger partial charge in [0, 0.05) is 5.92 Å². The number of ether oxygens (including phenoxy) is 2. The van der Waals surface area contributed by atoms with Gasteiger partial charge in [0.1, 0.15) is 5.75 Å². The number of rotatable bonds is 0. The van der Waals surface area contributed by atoms with Crippen LogP contribution in [0, 0.1) is 18.8 Å². The quantitative estimate of drug-likeness (QED) is 0.646. The van der Waals surface area contributed by atoms with Gasteiger partial charge in [0.15, 0.2) is 0 Å². The Bertz CT molecular complexity index is 386. The summed E-state index contributed by atoms with van der Waals surface area (Å²) in [7, 11) is 0. The highest BCUT2D eigenvalue weighted by molar-refractivity contribution is 5.39. The fourth-order valence-corrected chi connectivity index (χ4v) is 2.50. The van der Waals surface area contributed by atoms with Gasteiger partial charge in [-0.25, -0.2) is 0 Å². The summed E-state index contributed by atoms with van der Waals surface area (Å²) in [5, 5.41) is 0. The summed E-state index contributed by atoms with van der Waals surface area (Å²) in [6.07, 6.45) is 1.09. The van der Waals surface area contributed by atoms with Crippen molar-refractivity contribution in [1.82, 2.24) is 0 Å². The highest BCUT2D eigenvalue weighted by Crippen LogP contribution is 2.39. The molecule has 2 heterocycles. The molecule has 0 bridgehead atoms. The maximum absolute atomic E-state index is 5.88. The molecule has 0 radical (unpaired) electrons. The molecule has 0 aliphatic carbocycles. The second-order valence-corrected chi connectivity index (χ2v) is 4.78. The van der Waals surface area contributed by atoms with Crippen molar-refractivity contribution in [3.05, 3.63) is 29.3 Å². The maximum Gasteiger partial charge on any atom is 0.203 e. The number of hydrogen-bond donors (Lipinski definition) is 0. The molecule has 15 heavy (non-hydrogen) atoms. The van der Waals surface area contributed by atoms with Gasteiger partial charge in [0.05, 0.1) is 6.61 Å². The van der Waals surface area contributed by atoms with Crippen LogP contribution in [0.15, 0.2) is 18.2 Å². The van der Waals surface area contributed by atoms with Crippen LogP contribution in [0.1, 0.15) is 18.1 Å². The molecule has 2 nitrogen and oxygen atoms in total. The predicted molar refractivity (Wildman–Crippen MR) is 57.9 cm³/mol. The van der Waals surface area contributed by atoms with Gasteiger partial charge in [-0.2, -0.15) is 0 Å². The average Bonchev–Trinajstić information content (AvgIpc) is 2.57. The van der Waals surface area contributed by atoms with Crippen molar-refractivity contribution in [2.45, 2.75) is 26.6 Å². The van der Waals surface area contributed by atoms with Gasteiger partial charge >= 0.3 is 0 Å². The van der Waals surface area contributed by atoms with Crippen LogP contribution < -0.4 is 4.74 Å². The van der Waals surface area contributed by atoms with E-state index in [1.807, 2.05) is 0 Å². The third-order valence-electron chi connectivity index (χ3n) is 3.53. The van der Waals surface area contributed by atoms with Crippen molar-refractivity contribution in [2.24, 2.45) is 11.8 Å². The summed E-state index contributed by atoms with van der Waals surface area (Å²) in [4.78, 5) is 0. The summed E-state index contributed by atoms with van der Waals surface area (Å²) in [5.41, 5.74) is 2.58. The highest BCUT2D eigenvalue weighted by Gasteiger charge is 2.39. The molecule has 2 heteroatoms. The van der Waals surface area contributed by atoms with Crippen LogP contribution >= 0.6 is 0 Å². The Balaban J connectivity index is 1.96. The predicted octanol–water partition coefficient (Wildman–Crippen LogP) is 2.54. The van der Waals surface area contributed by atoms with E-state index in [1.54, 1.807) is 0 Å². The fraction of sp³-hybridized carbons (Fsp3) is 0.538. The van der Waals surface area contributed by atoms with Crippen LogP contribution in [0.5, 0.6) is 5.75 Å². The zero-order valence-corrected chi connectivity index (χ0v) is 9.19. The summed E-state index contributed by atoms with van der Waals surface area (Å²) < 4.78 is 11.5. The Morgan fingerprint density at radius 2 is 2.20 bits per heavy atom. The standard InChI is InChI=1S/C13H16O2/c1-8-3-4-10-6-11-9(2)7-14-13(11)15-12(10)5-8/h3-5,9,11,13H,6-7H2,1-2H3. The van der Waals surface area contributed by atoms with Crippen LogP contribution in [-0.2, 0) is 11.2 Å². The smallest absolute Gasteiger partial charge is 0.203 e. The zero-order valence-electron chi connectivity index (χ0n) is 9.19. The van der Waals surface area contributed by atoms with Crippen molar-refractivity contribution in [2.75, 3.05) is 6.61 Å². The molecular weight excluding hydrogens is 188 g/mol. The van der Waals surface area contributed by atoms with Gasteiger partial charge in [-0.3, -0.25) is 0 Å². The fourth-order valence-electron chi connectivity index (χ4n) is 2.50. The molecule has 1 aromatic rings. The van der Waals surface area contributed by atoms with Crippen LogP contribution in [0.4, 0.5) is 0 Å². The SMILES string of the molecule is Cc1ccc2c(c1)OC1OCC(C)C1C2. The van der Waals surface area contributed by atoms with E-state index in [0.717, 1.165) is 18.8 Å². The van der Waals surface area contributed by atoms with E-state index in [0.29, 0.717) is 11.8 Å². The van der Waals surface area contributed by atoms with Gasteiger partial charge in [-0.15, -0.1) is 0 Å². The minimum Gasteiger partial charge on any atom is -0.464 e. The highest BCUT2D eigenvalue weighted by atomic mass is 16.7. The Morgan fingerprint density at radius 3 is 3.07 bits per heavy atom. The second kappa shape index (κ2) is 3.24. The van der Waals surface area contributed by atoms with Crippen LogP contribution in [0.25, 0.3) is 0 Å². The second-order valence-electron chi connectivity index (χ2n) is 4.78. The number of benzene rings is 1. The average molecular weight is 204 g/mol. The molecule has 0 N–H and O–H groups in total. The summed E-state index contributed by atoms with van der Waals surface area (Å²) >= 11 is 0. The molecule has 0 amide bonds. The van der Waals surface area contributed by atoms with Gasteiger partial charge in [0.2, 0.25) is 6.29 Å². The molecule has 1 fully saturated rings. The van der Waals surface area contributed by atoms with Gasteiger partial charge in [-0.1, -0.05) is 19.1 Å². The first kappa shape index (κ1) is 9.22. The topological polar surface area (TPSA) is 18.5 Å². The number of fused-ring (bicyclic) bond motifs is 2. The van der Waals surface area contributed by atoms with E-state index in [1.165, 1.54) is 11.1 Å². The van der Waals surface area contributed by atoms with Gasteiger partial charge in [-0.05, 0) is 36.5 Å². The lowest BCUT2D eigenvalue weighted by molar-refractivity contribution is -0.0700.